The van der Waals surface area contributed by atoms with Crippen LogP contribution in [0.25, 0.3) is 11.3 Å². The predicted molar refractivity (Wildman–Crippen MR) is 154 cm³/mol. The van der Waals surface area contributed by atoms with E-state index < -0.39 is 6.04 Å². The Morgan fingerprint density at radius 1 is 0.775 bits per heavy atom. The lowest BCUT2D eigenvalue weighted by atomic mass is 9.98. The van der Waals surface area contributed by atoms with E-state index in [2.05, 4.69) is 15.3 Å². The van der Waals surface area contributed by atoms with Crippen molar-refractivity contribution >= 4 is 5.91 Å². The minimum atomic E-state index is -0.492. The third-order valence-corrected chi connectivity index (χ3v) is 6.44. The molecule has 0 aliphatic carbocycles. The van der Waals surface area contributed by atoms with Gasteiger partial charge in [0.15, 0.2) is 11.5 Å². The van der Waals surface area contributed by atoms with Gasteiger partial charge in [-0.15, -0.1) is 0 Å². The predicted octanol–water partition coefficient (Wildman–Crippen LogP) is 6.26. The number of rotatable bonds is 10. The van der Waals surface area contributed by atoms with Gasteiger partial charge in [0, 0.05) is 23.5 Å². The molecule has 1 unspecified atom stereocenters. The Hall–Kier alpha value is -5.17. The van der Waals surface area contributed by atoms with Crippen LogP contribution in [0.1, 0.15) is 33.2 Å². The Bertz CT molecular complexity index is 1580. The number of carbonyl (C=O) groups excluding carboxylic acids is 1. The van der Waals surface area contributed by atoms with E-state index in [1.54, 1.807) is 32.7 Å². The van der Waals surface area contributed by atoms with Gasteiger partial charge in [-0.3, -0.25) is 9.78 Å². The molecule has 5 aromatic rings. The summed E-state index contributed by atoms with van der Waals surface area (Å²) in [5.74, 6) is 1.57. The maximum Gasteiger partial charge on any atom is 0.270 e. The van der Waals surface area contributed by atoms with Crippen molar-refractivity contribution in [2.75, 3.05) is 14.2 Å². The molecule has 2 heterocycles. The fourth-order valence-corrected chi connectivity index (χ4v) is 4.40. The molecular weight excluding hydrogens is 502 g/mol. The molecule has 0 fully saturated rings. The highest BCUT2D eigenvalue weighted by Crippen LogP contribution is 2.33. The highest BCUT2D eigenvalue weighted by Gasteiger charge is 2.22. The van der Waals surface area contributed by atoms with Crippen molar-refractivity contribution in [2.24, 2.45) is 0 Å². The topological polar surface area (TPSA) is 82.6 Å². The van der Waals surface area contributed by atoms with Crippen molar-refractivity contribution in [2.45, 2.75) is 12.6 Å². The molecule has 2 aromatic heterocycles. The molecule has 0 saturated heterocycles. The molecule has 1 amide bonds. The summed E-state index contributed by atoms with van der Waals surface area (Å²) in [6.07, 6.45) is 3.41. The van der Waals surface area contributed by atoms with Gasteiger partial charge < -0.3 is 19.5 Å². The third kappa shape index (κ3) is 6.10. The zero-order chi connectivity index (χ0) is 27.7. The van der Waals surface area contributed by atoms with E-state index in [1.807, 2.05) is 97.1 Å². The van der Waals surface area contributed by atoms with Crippen LogP contribution in [-0.4, -0.2) is 30.1 Å². The molecule has 0 aliphatic rings. The second-order valence-electron chi connectivity index (χ2n) is 8.98. The number of hydrogen-bond acceptors (Lipinski definition) is 6. The van der Waals surface area contributed by atoms with Gasteiger partial charge in [-0.25, -0.2) is 4.98 Å². The lowest BCUT2D eigenvalue weighted by Gasteiger charge is -2.22. The summed E-state index contributed by atoms with van der Waals surface area (Å²) in [5, 5.41) is 3.17. The van der Waals surface area contributed by atoms with Crippen molar-refractivity contribution in [1.29, 1.82) is 0 Å². The van der Waals surface area contributed by atoms with E-state index in [9.17, 15) is 4.79 Å². The monoisotopic (exact) mass is 531 g/mol. The first kappa shape index (κ1) is 26.4. The van der Waals surface area contributed by atoms with Crippen molar-refractivity contribution in [3.8, 4) is 28.5 Å². The van der Waals surface area contributed by atoms with Crippen LogP contribution in [0, 0.1) is 0 Å². The minimum Gasteiger partial charge on any atom is -0.493 e. The molecule has 0 radical (unpaired) electrons. The van der Waals surface area contributed by atoms with Gasteiger partial charge in [0.05, 0.1) is 26.0 Å². The molecule has 5 rings (SSSR count). The van der Waals surface area contributed by atoms with Crippen LogP contribution in [-0.2, 0) is 6.61 Å². The molecule has 3 aromatic carbocycles. The van der Waals surface area contributed by atoms with E-state index in [0.29, 0.717) is 29.5 Å². The Balaban J connectivity index is 1.44. The molecule has 0 saturated carbocycles. The smallest absolute Gasteiger partial charge is 0.270 e. The maximum atomic E-state index is 13.6. The maximum absolute atomic E-state index is 13.6. The first-order valence-electron chi connectivity index (χ1n) is 12.8. The van der Waals surface area contributed by atoms with Crippen molar-refractivity contribution in [3.05, 3.63) is 138 Å². The lowest BCUT2D eigenvalue weighted by Crippen LogP contribution is -2.30. The van der Waals surface area contributed by atoms with E-state index in [1.165, 1.54) is 0 Å². The van der Waals surface area contributed by atoms with Crippen LogP contribution >= 0.6 is 0 Å². The summed E-state index contributed by atoms with van der Waals surface area (Å²) in [5.41, 5.74) is 4.48. The second kappa shape index (κ2) is 12.6. The Morgan fingerprint density at radius 3 is 2.30 bits per heavy atom. The quantitative estimate of drug-likeness (QED) is 0.229. The molecule has 0 bridgehead atoms. The van der Waals surface area contributed by atoms with Gasteiger partial charge in [-0.1, -0.05) is 54.6 Å². The number of benzene rings is 3. The van der Waals surface area contributed by atoms with Gasteiger partial charge in [-0.2, -0.15) is 0 Å². The molecule has 1 N–H and O–H groups in total. The van der Waals surface area contributed by atoms with Crippen LogP contribution in [0.2, 0.25) is 0 Å². The summed E-state index contributed by atoms with van der Waals surface area (Å²) in [6, 6.07) is 31.8. The number of ether oxygens (including phenoxy) is 3. The van der Waals surface area contributed by atoms with Crippen molar-refractivity contribution in [3.63, 3.8) is 0 Å². The molecule has 200 valence electrons. The molecule has 7 heteroatoms. The largest absolute Gasteiger partial charge is 0.493 e. The third-order valence-electron chi connectivity index (χ3n) is 6.44. The van der Waals surface area contributed by atoms with E-state index in [-0.39, 0.29) is 11.6 Å². The summed E-state index contributed by atoms with van der Waals surface area (Å²) >= 11 is 0. The number of para-hydroxylation sites is 1. The second-order valence-corrected chi connectivity index (χ2v) is 8.98. The van der Waals surface area contributed by atoms with Crippen molar-refractivity contribution < 1.29 is 19.0 Å². The fourth-order valence-electron chi connectivity index (χ4n) is 4.40. The number of nitrogens with zero attached hydrogens (tertiary/aromatic N) is 2. The molecule has 1 atom stereocenters. The molecule has 0 spiro atoms. The van der Waals surface area contributed by atoms with Gasteiger partial charge >= 0.3 is 0 Å². The Morgan fingerprint density at radius 2 is 1.52 bits per heavy atom. The highest BCUT2D eigenvalue weighted by atomic mass is 16.5. The van der Waals surface area contributed by atoms with Crippen LogP contribution in [0.5, 0.6) is 17.2 Å². The highest BCUT2D eigenvalue weighted by molar-refractivity contribution is 5.93. The average molecular weight is 532 g/mol. The Labute approximate surface area is 233 Å². The van der Waals surface area contributed by atoms with Crippen LogP contribution < -0.4 is 19.5 Å². The molecular formula is C33H29N3O4. The number of nitrogens with one attached hydrogen (secondary N) is 1. The number of methoxy groups -OCH3 is 2. The summed E-state index contributed by atoms with van der Waals surface area (Å²) < 4.78 is 17.0. The summed E-state index contributed by atoms with van der Waals surface area (Å²) in [7, 11) is 3.17. The van der Waals surface area contributed by atoms with Crippen LogP contribution in [0.3, 0.4) is 0 Å². The van der Waals surface area contributed by atoms with Crippen LogP contribution in [0.4, 0.5) is 0 Å². The van der Waals surface area contributed by atoms with E-state index in [4.69, 9.17) is 14.2 Å². The van der Waals surface area contributed by atoms with E-state index in [0.717, 1.165) is 22.3 Å². The fraction of sp³-hybridized carbons (Fsp3) is 0.121. The summed E-state index contributed by atoms with van der Waals surface area (Å²) in [6.45, 7) is 0.407. The van der Waals surface area contributed by atoms with Gasteiger partial charge in [0.1, 0.15) is 18.1 Å². The number of aromatic nitrogens is 2. The van der Waals surface area contributed by atoms with E-state index >= 15 is 0 Å². The SMILES string of the molecule is COc1ccc(-c2cccc(C(=O)NC(c3ccncc3)c3ccccc3OCc3ccccc3)n2)cc1OC. The lowest BCUT2D eigenvalue weighted by molar-refractivity contribution is 0.0937. The zero-order valence-electron chi connectivity index (χ0n) is 22.3. The standard InChI is InChI=1S/C33H29N3O4/c1-38-30-16-15-25(21-31(30)39-2)27-12-8-13-28(35-27)33(37)36-32(24-17-19-34-20-18-24)26-11-6-7-14-29(26)40-22-23-9-4-3-5-10-23/h3-21,32H,22H2,1-2H3,(H,36,37). The van der Waals surface area contributed by atoms with Gasteiger partial charge in [0.2, 0.25) is 0 Å². The molecule has 7 nitrogen and oxygen atoms in total. The van der Waals surface area contributed by atoms with Crippen LogP contribution in [0.15, 0.2) is 116 Å². The molecule has 0 aliphatic heterocycles. The number of amides is 1. The normalized spacial score (nSPS) is 11.3. The van der Waals surface area contributed by atoms with Crippen molar-refractivity contribution in [1.82, 2.24) is 15.3 Å². The molecule has 40 heavy (non-hydrogen) atoms. The minimum absolute atomic E-state index is 0.286. The number of pyridine rings is 2. The number of carbonyl (C=O) groups is 1. The zero-order valence-corrected chi connectivity index (χ0v) is 22.3. The summed E-state index contributed by atoms with van der Waals surface area (Å²) in [4.78, 5) is 22.4. The average Bonchev–Trinajstić information content (AvgIpc) is 3.03. The Kier molecular flexibility index (Phi) is 8.32. The van der Waals surface area contributed by atoms with Gasteiger partial charge in [-0.05, 0) is 59.7 Å². The number of hydrogen-bond donors (Lipinski definition) is 1. The first-order valence-corrected chi connectivity index (χ1v) is 12.8. The first-order chi connectivity index (χ1) is 19.7. The van der Waals surface area contributed by atoms with Gasteiger partial charge in [0.25, 0.3) is 5.91 Å².